The molecule has 3 nitrogen and oxygen atoms in total. The monoisotopic (exact) mass is 296 g/mol. The van der Waals surface area contributed by atoms with Gasteiger partial charge in [0, 0.05) is 19.0 Å². The average molecular weight is 296 g/mol. The molecule has 1 N–H and O–H groups in total. The zero-order valence-corrected chi connectivity index (χ0v) is 12.9. The fraction of sp³-hybridized carbons (Fsp3) is 0.625. The number of ether oxygens (including phenoxy) is 2. The van der Waals surface area contributed by atoms with Gasteiger partial charge in [-0.25, -0.2) is 0 Å². The third kappa shape index (κ3) is 5.35. The molecule has 0 aliphatic carbocycles. The van der Waals surface area contributed by atoms with Crippen molar-refractivity contribution < 1.29 is 14.6 Å². The SMILES string of the molecule is CC(CO)CSCc1ccc(OCC2CCCO2)cc1. The normalized spacial score (nSPS) is 20.0. The zero-order valence-electron chi connectivity index (χ0n) is 12.1. The van der Waals surface area contributed by atoms with Gasteiger partial charge < -0.3 is 14.6 Å². The quantitative estimate of drug-likeness (QED) is 0.800. The first-order valence-electron chi connectivity index (χ1n) is 7.30. The number of hydrogen-bond acceptors (Lipinski definition) is 4. The lowest BCUT2D eigenvalue weighted by Crippen LogP contribution is -2.16. The summed E-state index contributed by atoms with van der Waals surface area (Å²) in [4.78, 5) is 0. The standard InChI is InChI=1S/C16H24O3S/c1-13(9-17)11-20-12-14-4-6-15(7-5-14)19-10-16-3-2-8-18-16/h4-7,13,16-17H,2-3,8-12H2,1H3. The Hall–Kier alpha value is -0.710. The predicted molar refractivity (Wildman–Crippen MR) is 83.3 cm³/mol. The molecular formula is C16H24O3S. The van der Waals surface area contributed by atoms with Crippen LogP contribution in [-0.2, 0) is 10.5 Å². The maximum Gasteiger partial charge on any atom is 0.119 e. The lowest BCUT2D eigenvalue weighted by atomic mass is 10.2. The van der Waals surface area contributed by atoms with E-state index in [1.807, 2.05) is 23.9 Å². The first-order chi connectivity index (χ1) is 9.78. The van der Waals surface area contributed by atoms with Gasteiger partial charge in [0.2, 0.25) is 0 Å². The van der Waals surface area contributed by atoms with Crippen LogP contribution >= 0.6 is 11.8 Å². The summed E-state index contributed by atoms with van der Waals surface area (Å²) < 4.78 is 11.3. The number of hydrogen-bond donors (Lipinski definition) is 1. The summed E-state index contributed by atoms with van der Waals surface area (Å²) in [7, 11) is 0. The molecule has 0 spiro atoms. The minimum atomic E-state index is 0.267. The first kappa shape index (κ1) is 15.7. The summed E-state index contributed by atoms with van der Waals surface area (Å²) in [6.45, 7) is 3.86. The van der Waals surface area contributed by atoms with E-state index in [2.05, 4.69) is 19.1 Å². The summed E-state index contributed by atoms with van der Waals surface area (Å²) >= 11 is 1.86. The van der Waals surface area contributed by atoms with E-state index in [4.69, 9.17) is 14.6 Å². The fourth-order valence-corrected chi connectivity index (χ4v) is 3.13. The Kier molecular flexibility index (Phi) is 6.70. The van der Waals surface area contributed by atoms with E-state index in [0.29, 0.717) is 12.5 Å². The van der Waals surface area contributed by atoms with E-state index in [-0.39, 0.29) is 12.7 Å². The van der Waals surface area contributed by atoms with Gasteiger partial charge in [-0.1, -0.05) is 19.1 Å². The third-order valence-electron chi connectivity index (χ3n) is 3.37. The molecular weight excluding hydrogens is 272 g/mol. The Labute approximate surface area is 125 Å². The molecule has 112 valence electrons. The summed E-state index contributed by atoms with van der Waals surface area (Å²) in [5.41, 5.74) is 1.30. The van der Waals surface area contributed by atoms with E-state index < -0.39 is 0 Å². The predicted octanol–water partition coefficient (Wildman–Crippen LogP) is 3.11. The van der Waals surface area contributed by atoms with Gasteiger partial charge in [0.15, 0.2) is 0 Å². The van der Waals surface area contributed by atoms with Crippen LogP contribution in [0.2, 0.25) is 0 Å². The molecule has 0 radical (unpaired) electrons. The summed E-state index contributed by atoms with van der Waals surface area (Å²) in [5, 5.41) is 8.98. The molecule has 0 bridgehead atoms. The van der Waals surface area contributed by atoms with Crippen LogP contribution in [0.1, 0.15) is 25.3 Å². The second kappa shape index (κ2) is 8.55. The molecule has 1 aromatic carbocycles. The van der Waals surface area contributed by atoms with Crippen LogP contribution in [0.3, 0.4) is 0 Å². The van der Waals surface area contributed by atoms with Gasteiger partial charge in [-0.05, 0) is 42.2 Å². The van der Waals surface area contributed by atoms with Crippen molar-refractivity contribution in [1.82, 2.24) is 0 Å². The molecule has 1 saturated heterocycles. The van der Waals surface area contributed by atoms with Crippen LogP contribution in [0.25, 0.3) is 0 Å². The van der Waals surface area contributed by atoms with Crippen molar-refractivity contribution in [3.8, 4) is 5.75 Å². The van der Waals surface area contributed by atoms with E-state index in [9.17, 15) is 0 Å². The maximum atomic E-state index is 8.98. The van der Waals surface area contributed by atoms with Crippen molar-refractivity contribution in [2.45, 2.75) is 31.6 Å². The van der Waals surface area contributed by atoms with Crippen molar-refractivity contribution in [1.29, 1.82) is 0 Å². The molecule has 1 aromatic rings. The Bertz CT molecular complexity index is 374. The lowest BCUT2D eigenvalue weighted by Gasteiger charge is -2.12. The lowest BCUT2D eigenvalue weighted by molar-refractivity contribution is 0.0679. The molecule has 20 heavy (non-hydrogen) atoms. The molecule has 1 aliphatic rings. The fourth-order valence-electron chi connectivity index (χ4n) is 2.08. The average Bonchev–Trinajstić information content (AvgIpc) is 2.99. The van der Waals surface area contributed by atoms with Crippen molar-refractivity contribution >= 4 is 11.8 Å². The Morgan fingerprint density at radius 3 is 2.85 bits per heavy atom. The summed E-state index contributed by atoms with van der Waals surface area (Å²) in [5.74, 6) is 3.26. The molecule has 2 atom stereocenters. The second-order valence-electron chi connectivity index (χ2n) is 5.39. The van der Waals surface area contributed by atoms with E-state index in [1.165, 1.54) is 5.56 Å². The van der Waals surface area contributed by atoms with Gasteiger partial charge in [-0.2, -0.15) is 11.8 Å². The highest BCUT2D eigenvalue weighted by atomic mass is 32.2. The van der Waals surface area contributed by atoms with Crippen molar-refractivity contribution in [3.05, 3.63) is 29.8 Å². The van der Waals surface area contributed by atoms with Crippen LogP contribution in [0, 0.1) is 5.92 Å². The number of thioether (sulfide) groups is 1. The minimum absolute atomic E-state index is 0.267. The summed E-state index contributed by atoms with van der Waals surface area (Å²) in [6.07, 6.45) is 2.53. The number of aliphatic hydroxyl groups excluding tert-OH is 1. The number of aliphatic hydroxyl groups is 1. The first-order valence-corrected chi connectivity index (χ1v) is 8.45. The molecule has 4 heteroatoms. The largest absolute Gasteiger partial charge is 0.491 e. The van der Waals surface area contributed by atoms with Crippen LogP contribution in [-0.4, -0.2) is 36.8 Å². The summed E-state index contributed by atoms with van der Waals surface area (Å²) in [6, 6.07) is 8.28. The molecule has 0 amide bonds. The topological polar surface area (TPSA) is 38.7 Å². The Morgan fingerprint density at radius 2 is 2.20 bits per heavy atom. The molecule has 0 saturated carbocycles. The van der Waals surface area contributed by atoms with Crippen LogP contribution in [0.15, 0.2) is 24.3 Å². The number of rotatable bonds is 8. The van der Waals surface area contributed by atoms with Gasteiger partial charge in [-0.15, -0.1) is 0 Å². The highest BCUT2D eigenvalue weighted by Gasteiger charge is 2.15. The Balaban J connectivity index is 1.69. The van der Waals surface area contributed by atoms with Crippen LogP contribution < -0.4 is 4.74 Å². The highest BCUT2D eigenvalue weighted by molar-refractivity contribution is 7.98. The minimum Gasteiger partial charge on any atom is -0.491 e. The molecule has 1 heterocycles. The van der Waals surface area contributed by atoms with Crippen molar-refractivity contribution in [2.24, 2.45) is 5.92 Å². The van der Waals surface area contributed by atoms with Gasteiger partial charge in [0.25, 0.3) is 0 Å². The zero-order chi connectivity index (χ0) is 14.2. The molecule has 1 fully saturated rings. The molecule has 2 unspecified atom stereocenters. The third-order valence-corrected chi connectivity index (χ3v) is 4.71. The Morgan fingerprint density at radius 1 is 1.40 bits per heavy atom. The molecule has 0 aromatic heterocycles. The maximum absolute atomic E-state index is 8.98. The number of benzene rings is 1. The molecule has 1 aliphatic heterocycles. The van der Waals surface area contributed by atoms with Crippen molar-refractivity contribution in [3.63, 3.8) is 0 Å². The van der Waals surface area contributed by atoms with E-state index >= 15 is 0 Å². The second-order valence-corrected chi connectivity index (χ2v) is 6.42. The highest BCUT2D eigenvalue weighted by Crippen LogP contribution is 2.20. The van der Waals surface area contributed by atoms with Gasteiger partial charge in [-0.3, -0.25) is 0 Å². The van der Waals surface area contributed by atoms with Gasteiger partial charge >= 0.3 is 0 Å². The van der Waals surface area contributed by atoms with Crippen LogP contribution in [0.4, 0.5) is 0 Å². The van der Waals surface area contributed by atoms with E-state index in [0.717, 1.165) is 36.7 Å². The van der Waals surface area contributed by atoms with Gasteiger partial charge in [0.1, 0.15) is 12.4 Å². The smallest absolute Gasteiger partial charge is 0.119 e. The van der Waals surface area contributed by atoms with Crippen molar-refractivity contribution in [2.75, 3.05) is 25.6 Å². The van der Waals surface area contributed by atoms with Gasteiger partial charge in [0.05, 0.1) is 6.10 Å². The van der Waals surface area contributed by atoms with E-state index in [1.54, 1.807) is 0 Å². The molecule has 2 rings (SSSR count). The van der Waals surface area contributed by atoms with Crippen LogP contribution in [0.5, 0.6) is 5.75 Å².